The quantitative estimate of drug-likeness (QED) is 0.791. The highest BCUT2D eigenvalue weighted by atomic mass is 79.9. The van der Waals surface area contributed by atoms with Gasteiger partial charge in [-0.3, -0.25) is 4.90 Å². The Morgan fingerprint density at radius 3 is 2.53 bits per heavy atom. The van der Waals surface area contributed by atoms with E-state index in [9.17, 15) is 0 Å². The Bertz CT molecular complexity index is 350. The maximum absolute atomic E-state index is 3.49. The molecule has 3 heteroatoms. The van der Waals surface area contributed by atoms with E-state index < -0.39 is 0 Å². The van der Waals surface area contributed by atoms with Crippen LogP contribution >= 0.6 is 15.9 Å². The summed E-state index contributed by atoms with van der Waals surface area (Å²) in [5.74, 6) is 0. The van der Waals surface area contributed by atoms with Crippen molar-refractivity contribution >= 4 is 21.6 Å². The average Bonchev–Trinajstić information content (AvgIpc) is 2.39. The van der Waals surface area contributed by atoms with Crippen molar-refractivity contribution < 1.29 is 0 Å². The monoisotopic (exact) mass is 296 g/mol. The second kappa shape index (κ2) is 5.87. The zero-order valence-electron chi connectivity index (χ0n) is 10.7. The second-order valence-electron chi connectivity index (χ2n) is 4.79. The summed E-state index contributed by atoms with van der Waals surface area (Å²) >= 11 is 3.49. The molecule has 17 heavy (non-hydrogen) atoms. The van der Waals surface area contributed by atoms with Crippen LogP contribution in [0.5, 0.6) is 0 Å². The van der Waals surface area contributed by atoms with Gasteiger partial charge in [0, 0.05) is 36.7 Å². The third-order valence-corrected chi connectivity index (χ3v) is 4.35. The molecule has 1 aromatic carbocycles. The molecule has 1 unspecified atom stereocenters. The lowest BCUT2D eigenvalue weighted by molar-refractivity contribution is 0.213. The topological polar surface area (TPSA) is 6.48 Å². The standard InChI is InChI=1S/C14H21BrN2/c1-3-13-11-17(9-8-16(13)2)14-6-4-12(10-15)5-7-14/h4-7,13H,3,8-11H2,1-2H3. The molecule has 1 aliphatic rings. The molecule has 0 bridgehead atoms. The lowest BCUT2D eigenvalue weighted by Gasteiger charge is -2.40. The fraction of sp³-hybridized carbons (Fsp3) is 0.571. The van der Waals surface area contributed by atoms with Crippen molar-refractivity contribution in [2.75, 3.05) is 31.6 Å². The molecule has 1 fully saturated rings. The molecule has 94 valence electrons. The molecule has 0 N–H and O–H groups in total. The van der Waals surface area contributed by atoms with Crippen molar-refractivity contribution in [3.8, 4) is 0 Å². The van der Waals surface area contributed by atoms with Gasteiger partial charge in [-0.05, 0) is 31.2 Å². The maximum atomic E-state index is 3.49. The molecule has 1 saturated heterocycles. The molecule has 2 nitrogen and oxygen atoms in total. The predicted octanol–water partition coefficient (Wildman–Crippen LogP) is 3.11. The first-order chi connectivity index (χ1) is 8.24. The van der Waals surface area contributed by atoms with Crippen LogP contribution in [0.2, 0.25) is 0 Å². The van der Waals surface area contributed by atoms with E-state index in [1.54, 1.807) is 0 Å². The molecule has 0 amide bonds. The van der Waals surface area contributed by atoms with E-state index in [2.05, 4.69) is 64.0 Å². The third kappa shape index (κ3) is 3.02. The normalized spacial score (nSPS) is 21.8. The number of hydrogen-bond acceptors (Lipinski definition) is 2. The third-order valence-electron chi connectivity index (χ3n) is 3.70. The van der Waals surface area contributed by atoms with Crippen molar-refractivity contribution in [1.82, 2.24) is 4.90 Å². The zero-order valence-corrected chi connectivity index (χ0v) is 12.3. The Labute approximate surface area is 113 Å². The van der Waals surface area contributed by atoms with Crippen LogP contribution in [0.1, 0.15) is 18.9 Å². The molecule has 1 aliphatic heterocycles. The summed E-state index contributed by atoms with van der Waals surface area (Å²) in [5, 5.41) is 0.938. The van der Waals surface area contributed by atoms with Gasteiger partial charge in [-0.2, -0.15) is 0 Å². The highest BCUT2D eigenvalue weighted by molar-refractivity contribution is 9.08. The van der Waals surface area contributed by atoms with Gasteiger partial charge in [-0.1, -0.05) is 35.0 Å². The van der Waals surface area contributed by atoms with Crippen LogP contribution < -0.4 is 4.90 Å². The molecular formula is C14H21BrN2. The summed E-state index contributed by atoms with van der Waals surface area (Å²) in [6.45, 7) is 5.73. The average molecular weight is 297 g/mol. The number of anilines is 1. The molecule has 1 aromatic rings. The molecule has 2 rings (SSSR count). The first-order valence-electron chi connectivity index (χ1n) is 6.34. The van der Waals surface area contributed by atoms with Crippen LogP contribution in [0.3, 0.4) is 0 Å². The minimum atomic E-state index is 0.694. The lowest BCUT2D eigenvalue weighted by atomic mass is 10.1. The molecule has 0 spiro atoms. The Kier molecular flexibility index (Phi) is 4.46. The smallest absolute Gasteiger partial charge is 0.0367 e. The minimum Gasteiger partial charge on any atom is -0.369 e. The number of rotatable bonds is 3. The van der Waals surface area contributed by atoms with Crippen LogP contribution in [-0.2, 0) is 5.33 Å². The molecule has 0 aromatic heterocycles. The van der Waals surface area contributed by atoms with Crippen molar-refractivity contribution in [3.63, 3.8) is 0 Å². The van der Waals surface area contributed by atoms with Gasteiger partial charge in [-0.25, -0.2) is 0 Å². The van der Waals surface area contributed by atoms with Crippen LogP contribution in [0.25, 0.3) is 0 Å². The number of halogens is 1. The van der Waals surface area contributed by atoms with Gasteiger partial charge >= 0.3 is 0 Å². The number of piperazine rings is 1. The number of likely N-dealkylation sites (N-methyl/N-ethyl adjacent to an activating group) is 1. The van der Waals surface area contributed by atoms with Crippen molar-refractivity contribution in [2.45, 2.75) is 24.7 Å². The maximum Gasteiger partial charge on any atom is 0.0367 e. The summed E-state index contributed by atoms with van der Waals surface area (Å²) in [4.78, 5) is 4.98. The summed E-state index contributed by atoms with van der Waals surface area (Å²) in [5.41, 5.74) is 2.70. The van der Waals surface area contributed by atoms with E-state index in [1.165, 1.54) is 24.2 Å². The van der Waals surface area contributed by atoms with Crippen LogP contribution in [0.4, 0.5) is 5.69 Å². The van der Waals surface area contributed by atoms with Gasteiger partial charge in [0.05, 0.1) is 0 Å². The molecule has 0 saturated carbocycles. The number of hydrogen-bond donors (Lipinski definition) is 0. The number of benzene rings is 1. The Morgan fingerprint density at radius 2 is 1.94 bits per heavy atom. The van der Waals surface area contributed by atoms with Gasteiger partial charge in [0.1, 0.15) is 0 Å². The molecule has 0 radical (unpaired) electrons. The second-order valence-corrected chi connectivity index (χ2v) is 5.35. The van der Waals surface area contributed by atoms with Crippen molar-refractivity contribution in [1.29, 1.82) is 0 Å². The first-order valence-corrected chi connectivity index (χ1v) is 7.46. The van der Waals surface area contributed by atoms with E-state index in [4.69, 9.17) is 0 Å². The van der Waals surface area contributed by atoms with Gasteiger partial charge < -0.3 is 4.90 Å². The molecule has 1 atom stereocenters. The summed E-state index contributed by atoms with van der Waals surface area (Å²) in [6.07, 6.45) is 1.23. The zero-order chi connectivity index (χ0) is 12.3. The Morgan fingerprint density at radius 1 is 1.24 bits per heavy atom. The summed E-state index contributed by atoms with van der Waals surface area (Å²) in [6, 6.07) is 9.61. The number of alkyl halides is 1. The van der Waals surface area contributed by atoms with Gasteiger partial charge in [0.15, 0.2) is 0 Å². The Balaban J connectivity index is 2.06. The highest BCUT2D eigenvalue weighted by Gasteiger charge is 2.22. The fourth-order valence-corrected chi connectivity index (χ4v) is 2.79. The van der Waals surface area contributed by atoms with Crippen molar-refractivity contribution in [3.05, 3.63) is 29.8 Å². The van der Waals surface area contributed by atoms with E-state index in [-0.39, 0.29) is 0 Å². The first kappa shape index (κ1) is 12.9. The van der Waals surface area contributed by atoms with Gasteiger partial charge in [0.2, 0.25) is 0 Å². The summed E-state index contributed by atoms with van der Waals surface area (Å²) in [7, 11) is 2.24. The predicted molar refractivity (Wildman–Crippen MR) is 78.0 cm³/mol. The molecular weight excluding hydrogens is 276 g/mol. The van der Waals surface area contributed by atoms with Gasteiger partial charge in [0.25, 0.3) is 0 Å². The van der Waals surface area contributed by atoms with E-state index >= 15 is 0 Å². The van der Waals surface area contributed by atoms with E-state index in [0.717, 1.165) is 18.4 Å². The number of nitrogens with zero attached hydrogens (tertiary/aromatic N) is 2. The van der Waals surface area contributed by atoms with Crippen molar-refractivity contribution in [2.24, 2.45) is 0 Å². The lowest BCUT2D eigenvalue weighted by Crippen LogP contribution is -2.51. The minimum absolute atomic E-state index is 0.694. The van der Waals surface area contributed by atoms with Crippen LogP contribution in [0, 0.1) is 0 Å². The van der Waals surface area contributed by atoms with Gasteiger partial charge in [-0.15, -0.1) is 0 Å². The van der Waals surface area contributed by atoms with E-state index in [0.29, 0.717) is 6.04 Å². The Hall–Kier alpha value is -0.540. The highest BCUT2D eigenvalue weighted by Crippen LogP contribution is 2.20. The largest absolute Gasteiger partial charge is 0.369 e. The SMILES string of the molecule is CCC1CN(c2ccc(CBr)cc2)CCN1C. The molecule has 0 aliphatic carbocycles. The van der Waals surface area contributed by atoms with E-state index in [1.807, 2.05) is 0 Å². The molecule has 1 heterocycles. The summed E-state index contributed by atoms with van der Waals surface area (Å²) < 4.78 is 0. The van der Waals surface area contributed by atoms with Crippen LogP contribution in [0.15, 0.2) is 24.3 Å². The fourth-order valence-electron chi connectivity index (χ4n) is 2.42. The van der Waals surface area contributed by atoms with Crippen LogP contribution in [-0.4, -0.2) is 37.6 Å².